The van der Waals surface area contributed by atoms with Gasteiger partial charge < -0.3 is 13.4 Å². The van der Waals surface area contributed by atoms with Crippen LogP contribution in [0.2, 0.25) is 0 Å². The van der Waals surface area contributed by atoms with E-state index >= 15 is 0 Å². The molecule has 0 saturated heterocycles. The normalized spacial score (nSPS) is 12.0. The lowest BCUT2D eigenvalue weighted by Gasteiger charge is -2.18. The number of rotatable bonds is 4. The van der Waals surface area contributed by atoms with Crippen molar-refractivity contribution >= 4 is 76.3 Å². The third-order valence-corrected chi connectivity index (χ3v) is 11.4. The standard InChI is InChI=1S/C52H31NO2/c1-3-14-32(15-4-1)47-31-34-27-29-46-50(51(34)55-47)43-24-13-23-42(52(43)54-46)49-40-21-9-7-19-38(40)48(39-20-8-10-22-41(39)49)33-26-28-37-36-18-11-12-25-44(36)53(45(37)30-33)35-16-5-2-6-17-35/h1-31H. The monoisotopic (exact) mass is 701 g/mol. The molecule has 3 heterocycles. The first kappa shape index (κ1) is 30.1. The van der Waals surface area contributed by atoms with Crippen LogP contribution < -0.4 is 0 Å². The van der Waals surface area contributed by atoms with E-state index in [0.29, 0.717) is 0 Å². The van der Waals surface area contributed by atoms with Crippen molar-refractivity contribution in [3.05, 3.63) is 188 Å². The molecule has 3 aromatic heterocycles. The van der Waals surface area contributed by atoms with Crippen LogP contribution in [-0.2, 0) is 0 Å². The Bertz CT molecular complexity index is 3420. The number of hydrogen-bond acceptors (Lipinski definition) is 2. The molecule has 0 aliphatic heterocycles. The molecule has 12 aromatic rings. The molecule has 0 saturated carbocycles. The zero-order chi connectivity index (χ0) is 36.0. The number of para-hydroxylation sites is 3. The van der Waals surface area contributed by atoms with Gasteiger partial charge in [0.05, 0.1) is 16.4 Å². The van der Waals surface area contributed by atoms with Gasteiger partial charge in [-0.2, -0.15) is 0 Å². The minimum atomic E-state index is 0.816. The van der Waals surface area contributed by atoms with Gasteiger partial charge >= 0.3 is 0 Å². The average molecular weight is 702 g/mol. The molecule has 0 spiro atoms. The number of hydrogen-bond donors (Lipinski definition) is 0. The fraction of sp³-hybridized carbons (Fsp3) is 0. The summed E-state index contributed by atoms with van der Waals surface area (Å²) in [6.07, 6.45) is 0. The van der Waals surface area contributed by atoms with E-state index in [9.17, 15) is 0 Å². The van der Waals surface area contributed by atoms with Gasteiger partial charge in [0.15, 0.2) is 0 Å². The minimum absolute atomic E-state index is 0.816. The van der Waals surface area contributed by atoms with Crippen molar-refractivity contribution in [1.82, 2.24) is 4.57 Å². The Labute approximate surface area is 315 Å². The lowest BCUT2D eigenvalue weighted by molar-refractivity contribution is 0.633. The first-order valence-electron chi connectivity index (χ1n) is 18.8. The van der Waals surface area contributed by atoms with E-state index < -0.39 is 0 Å². The zero-order valence-corrected chi connectivity index (χ0v) is 29.7. The first-order chi connectivity index (χ1) is 27.3. The van der Waals surface area contributed by atoms with Gasteiger partial charge in [0.1, 0.15) is 22.5 Å². The summed E-state index contributed by atoms with van der Waals surface area (Å²) < 4.78 is 15.8. The van der Waals surface area contributed by atoms with Gasteiger partial charge in [-0.15, -0.1) is 0 Å². The lowest BCUT2D eigenvalue weighted by Crippen LogP contribution is -1.94. The minimum Gasteiger partial charge on any atom is -0.455 e. The summed E-state index contributed by atoms with van der Waals surface area (Å²) >= 11 is 0. The van der Waals surface area contributed by atoms with Crippen molar-refractivity contribution in [3.63, 3.8) is 0 Å². The second-order valence-electron chi connectivity index (χ2n) is 14.4. The van der Waals surface area contributed by atoms with Crippen LogP contribution in [0.3, 0.4) is 0 Å². The summed E-state index contributed by atoms with van der Waals surface area (Å²) in [5.41, 5.74) is 11.8. The van der Waals surface area contributed by atoms with Crippen LogP contribution in [0.15, 0.2) is 197 Å². The van der Waals surface area contributed by atoms with Crippen LogP contribution in [0, 0.1) is 0 Å². The molecule has 0 atom stereocenters. The van der Waals surface area contributed by atoms with E-state index in [1.165, 1.54) is 60.0 Å². The van der Waals surface area contributed by atoms with E-state index in [1.54, 1.807) is 0 Å². The molecule has 0 N–H and O–H groups in total. The number of nitrogens with zero attached hydrogens (tertiary/aromatic N) is 1. The largest absolute Gasteiger partial charge is 0.455 e. The lowest BCUT2D eigenvalue weighted by atomic mass is 9.85. The van der Waals surface area contributed by atoms with Gasteiger partial charge in [0.2, 0.25) is 0 Å². The van der Waals surface area contributed by atoms with E-state index in [2.05, 4.69) is 174 Å². The molecule has 0 unspecified atom stereocenters. The predicted octanol–water partition coefficient (Wildman–Crippen LogP) is 14.7. The zero-order valence-electron chi connectivity index (χ0n) is 29.7. The highest BCUT2D eigenvalue weighted by Gasteiger charge is 2.23. The Kier molecular flexibility index (Phi) is 6.34. The highest BCUT2D eigenvalue weighted by molar-refractivity contribution is 6.26. The van der Waals surface area contributed by atoms with Crippen LogP contribution in [0.4, 0.5) is 0 Å². The topological polar surface area (TPSA) is 31.2 Å². The first-order valence-corrected chi connectivity index (χ1v) is 18.8. The van der Waals surface area contributed by atoms with Gasteiger partial charge in [-0.1, -0.05) is 146 Å². The summed E-state index contributed by atoms with van der Waals surface area (Å²) in [5.74, 6) is 0.850. The summed E-state index contributed by atoms with van der Waals surface area (Å²) in [4.78, 5) is 0. The fourth-order valence-corrected chi connectivity index (χ4v) is 9.03. The van der Waals surface area contributed by atoms with E-state index in [1.807, 2.05) is 18.2 Å². The molecule has 256 valence electrons. The van der Waals surface area contributed by atoms with Gasteiger partial charge in [-0.05, 0) is 75.1 Å². The molecule has 0 aliphatic carbocycles. The molecule has 0 fully saturated rings. The van der Waals surface area contributed by atoms with Crippen LogP contribution in [0.1, 0.15) is 0 Å². The quantitative estimate of drug-likeness (QED) is 0.171. The number of benzene rings is 9. The van der Waals surface area contributed by atoms with Crippen molar-refractivity contribution in [2.24, 2.45) is 0 Å². The van der Waals surface area contributed by atoms with Crippen molar-refractivity contribution < 1.29 is 8.83 Å². The average Bonchev–Trinajstić information content (AvgIpc) is 3.95. The second kappa shape index (κ2) is 11.6. The molecular weight excluding hydrogens is 671 g/mol. The van der Waals surface area contributed by atoms with Crippen LogP contribution in [-0.4, -0.2) is 4.57 Å². The van der Waals surface area contributed by atoms with Gasteiger partial charge in [-0.25, -0.2) is 0 Å². The highest BCUT2D eigenvalue weighted by Crippen LogP contribution is 2.48. The maximum Gasteiger partial charge on any atom is 0.146 e. The molecule has 3 heteroatoms. The third kappa shape index (κ3) is 4.38. The van der Waals surface area contributed by atoms with Crippen molar-refractivity contribution in [2.45, 2.75) is 0 Å². The maximum atomic E-state index is 6.84. The Balaban J connectivity index is 1.13. The molecule has 9 aromatic carbocycles. The van der Waals surface area contributed by atoms with Crippen molar-refractivity contribution in [2.75, 3.05) is 0 Å². The van der Waals surface area contributed by atoms with Crippen LogP contribution in [0.25, 0.3) is 116 Å². The highest BCUT2D eigenvalue weighted by atomic mass is 16.3. The number of aromatic nitrogens is 1. The van der Waals surface area contributed by atoms with Crippen molar-refractivity contribution in [1.29, 1.82) is 0 Å². The molecule has 0 aliphatic rings. The van der Waals surface area contributed by atoms with Crippen molar-refractivity contribution in [3.8, 4) is 39.3 Å². The van der Waals surface area contributed by atoms with Gasteiger partial charge in [0.25, 0.3) is 0 Å². The Morgan fingerprint density at radius 2 is 0.982 bits per heavy atom. The molecule has 0 bridgehead atoms. The summed E-state index contributed by atoms with van der Waals surface area (Å²) in [6.45, 7) is 0. The Hall–Kier alpha value is -7.36. The molecular formula is C52H31NO2. The number of furan rings is 2. The van der Waals surface area contributed by atoms with Crippen LogP contribution in [0.5, 0.6) is 0 Å². The van der Waals surface area contributed by atoms with Crippen LogP contribution >= 0.6 is 0 Å². The molecule has 55 heavy (non-hydrogen) atoms. The number of fused-ring (bicyclic) bond motifs is 10. The SMILES string of the molecule is c1ccc(-c2cc3ccc4oc5c(-c6c7ccccc7c(-c7ccc8c9ccccc9n(-c9ccccc9)c8c7)c7ccccc67)cccc5c4c3o2)cc1. The maximum absolute atomic E-state index is 6.84. The summed E-state index contributed by atoms with van der Waals surface area (Å²) in [5, 5.41) is 10.4. The Morgan fingerprint density at radius 3 is 1.73 bits per heavy atom. The van der Waals surface area contributed by atoms with Gasteiger partial charge in [0, 0.05) is 43.9 Å². The van der Waals surface area contributed by atoms with E-state index in [4.69, 9.17) is 8.83 Å². The molecule has 0 amide bonds. The smallest absolute Gasteiger partial charge is 0.146 e. The second-order valence-corrected chi connectivity index (χ2v) is 14.4. The predicted molar refractivity (Wildman–Crippen MR) is 229 cm³/mol. The Morgan fingerprint density at radius 1 is 0.364 bits per heavy atom. The molecule has 12 rings (SSSR count). The summed E-state index contributed by atoms with van der Waals surface area (Å²) in [7, 11) is 0. The summed E-state index contributed by atoms with van der Waals surface area (Å²) in [6, 6.07) is 67.2. The van der Waals surface area contributed by atoms with E-state index in [0.717, 1.165) is 55.5 Å². The third-order valence-electron chi connectivity index (χ3n) is 11.4. The fourth-order valence-electron chi connectivity index (χ4n) is 9.03. The van der Waals surface area contributed by atoms with Gasteiger partial charge in [-0.3, -0.25) is 0 Å². The molecule has 3 nitrogen and oxygen atoms in total. The van der Waals surface area contributed by atoms with E-state index in [-0.39, 0.29) is 0 Å². The molecule has 0 radical (unpaired) electrons.